The van der Waals surface area contributed by atoms with E-state index in [4.69, 9.17) is 0 Å². The zero-order valence-corrected chi connectivity index (χ0v) is 13.4. The third kappa shape index (κ3) is 2.52. The lowest BCUT2D eigenvalue weighted by atomic mass is 10.1. The number of benzene rings is 1. The largest absolute Gasteiger partial charge is 0.358 e. The Kier molecular flexibility index (Phi) is 3.74. The van der Waals surface area contributed by atoms with E-state index < -0.39 is 0 Å². The van der Waals surface area contributed by atoms with E-state index in [0.717, 1.165) is 45.5 Å². The molecular formula is C17H21FN4. The van der Waals surface area contributed by atoms with Gasteiger partial charge in [0, 0.05) is 42.5 Å². The molecule has 5 heteroatoms. The maximum absolute atomic E-state index is 13.8. The smallest absolute Gasteiger partial charge is 0.124 e. The molecule has 0 unspecified atom stereocenters. The maximum Gasteiger partial charge on any atom is 0.124 e. The first kappa shape index (κ1) is 14.8. The number of nitrogens with zero attached hydrogens (tertiary/aromatic N) is 2. The van der Waals surface area contributed by atoms with Crippen LogP contribution in [-0.2, 0) is 20.1 Å². The number of hydrogen-bond acceptors (Lipinski definition) is 2. The third-order valence-corrected chi connectivity index (χ3v) is 4.43. The van der Waals surface area contributed by atoms with Gasteiger partial charge in [0.15, 0.2) is 0 Å². The minimum atomic E-state index is -0.191. The number of aryl methyl sites for hydroxylation is 3. The monoisotopic (exact) mass is 300 g/mol. The number of halogens is 1. The molecule has 0 amide bonds. The van der Waals surface area contributed by atoms with E-state index in [1.54, 1.807) is 12.1 Å². The summed E-state index contributed by atoms with van der Waals surface area (Å²) < 4.78 is 15.7. The highest BCUT2D eigenvalue weighted by molar-refractivity contribution is 5.87. The summed E-state index contributed by atoms with van der Waals surface area (Å²) in [5.74, 6) is -0.191. The molecule has 2 heterocycles. The summed E-state index contributed by atoms with van der Waals surface area (Å²) in [5.41, 5.74) is 6.47. The second kappa shape index (κ2) is 5.57. The molecule has 0 radical (unpaired) electrons. The van der Waals surface area contributed by atoms with Gasteiger partial charge in [-0.05, 0) is 44.0 Å². The molecule has 3 rings (SSSR count). The normalized spacial score (nSPS) is 11.5. The van der Waals surface area contributed by atoms with Crippen molar-refractivity contribution in [3.8, 4) is 0 Å². The molecule has 2 aromatic heterocycles. The highest BCUT2D eigenvalue weighted by Gasteiger charge is 2.11. The number of rotatable bonds is 4. The fourth-order valence-corrected chi connectivity index (χ4v) is 2.78. The molecule has 1 aromatic carbocycles. The number of hydrogen-bond donors (Lipinski definition) is 2. The van der Waals surface area contributed by atoms with Crippen molar-refractivity contribution in [3.63, 3.8) is 0 Å². The second-order valence-electron chi connectivity index (χ2n) is 5.84. The van der Waals surface area contributed by atoms with Crippen molar-refractivity contribution in [2.24, 2.45) is 7.05 Å². The number of fused-ring (bicyclic) bond motifs is 1. The van der Waals surface area contributed by atoms with Gasteiger partial charge < -0.3 is 10.3 Å². The summed E-state index contributed by atoms with van der Waals surface area (Å²) >= 11 is 0. The van der Waals surface area contributed by atoms with Crippen LogP contribution in [-0.4, -0.2) is 14.8 Å². The van der Waals surface area contributed by atoms with E-state index in [-0.39, 0.29) is 5.82 Å². The van der Waals surface area contributed by atoms with E-state index in [2.05, 4.69) is 15.4 Å². The molecular weight excluding hydrogens is 279 g/mol. The molecule has 0 bridgehead atoms. The van der Waals surface area contributed by atoms with Crippen molar-refractivity contribution in [1.82, 2.24) is 20.1 Å². The van der Waals surface area contributed by atoms with Gasteiger partial charge in [0.2, 0.25) is 0 Å². The fraction of sp³-hybridized carbons (Fsp3) is 0.353. The van der Waals surface area contributed by atoms with Crippen LogP contribution in [0.4, 0.5) is 4.39 Å². The predicted molar refractivity (Wildman–Crippen MR) is 86.2 cm³/mol. The van der Waals surface area contributed by atoms with Gasteiger partial charge in [0.25, 0.3) is 0 Å². The molecule has 0 saturated heterocycles. The quantitative estimate of drug-likeness (QED) is 0.777. The van der Waals surface area contributed by atoms with Crippen LogP contribution >= 0.6 is 0 Å². The molecule has 0 aliphatic carbocycles. The molecule has 0 aliphatic heterocycles. The minimum Gasteiger partial charge on any atom is -0.358 e. The van der Waals surface area contributed by atoms with Gasteiger partial charge in [-0.1, -0.05) is 0 Å². The summed E-state index contributed by atoms with van der Waals surface area (Å²) in [7, 11) is 1.93. The third-order valence-electron chi connectivity index (χ3n) is 4.43. The second-order valence-corrected chi connectivity index (χ2v) is 5.84. The lowest BCUT2D eigenvalue weighted by Gasteiger charge is -2.07. The molecule has 0 fully saturated rings. The number of nitrogens with one attached hydrogen (secondary N) is 2. The van der Waals surface area contributed by atoms with Crippen molar-refractivity contribution >= 4 is 10.9 Å². The predicted octanol–water partition coefficient (Wildman–Crippen LogP) is 3.26. The van der Waals surface area contributed by atoms with Crippen molar-refractivity contribution in [2.45, 2.75) is 33.9 Å². The van der Waals surface area contributed by atoms with Crippen molar-refractivity contribution in [1.29, 1.82) is 0 Å². The Morgan fingerprint density at radius 3 is 2.59 bits per heavy atom. The van der Waals surface area contributed by atoms with E-state index in [1.165, 1.54) is 0 Å². The maximum atomic E-state index is 13.8. The summed E-state index contributed by atoms with van der Waals surface area (Å²) in [5, 5.41) is 8.58. The Morgan fingerprint density at radius 1 is 1.18 bits per heavy atom. The van der Waals surface area contributed by atoms with Crippen LogP contribution in [0, 0.1) is 26.6 Å². The van der Waals surface area contributed by atoms with Gasteiger partial charge in [-0.15, -0.1) is 0 Å². The Hall–Kier alpha value is -2.14. The van der Waals surface area contributed by atoms with E-state index in [9.17, 15) is 4.39 Å². The van der Waals surface area contributed by atoms with Crippen LogP contribution in [0.2, 0.25) is 0 Å². The Labute approximate surface area is 129 Å². The Balaban J connectivity index is 1.82. The lowest BCUT2D eigenvalue weighted by molar-refractivity contribution is 0.622. The summed E-state index contributed by atoms with van der Waals surface area (Å²) in [6, 6.07) is 3.20. The van der Waals surface area contributed by atoms with Crippen LogP contribution in [0.15, 0.2) is 18.3 Å². The molecule has 0 spiro atoms. The van der Waals surface area contributed by atoms with Gasteiger partial charge in [-0.3, -0.25) is 4.68 Å². The number of H-pyrrole nitrogens is 1. The number of aromatic nitrogens is 3. The molecule has 0 saturated carbocycles. The zero-order valence-electron chi connectivity index (χ0n) is 13.4. The average molecular weight is 300 g/mol. The first-order chi connectivity index (χ1) is 10.5. The molecule has 0 atom stereocenters. The van der Waals surface area contributed by atoms with Crippen LogP contribution in [0.1, 0.15) is 28.1 Å². The van der Waals surface area contributed by atoms with Crippen LogP contribution < -0.4 is 5.32 Å². The van der Waals surface area contributed by atoms with Crippen LogP contribution in [0.3, 0.4) is 0 Å². The first-order valence-electron chi connectivity index (χ1n) is 7.43. The summed E-state index contributed by atoms with van der Waals surface area (Å²) in [6.45, 7) is 7.41. The standard InChI is InChI=1S/C17H21FN4/c1-10-11(2)21-17-13(5-15(18)6-16(10)17)7-19-8-14-9-20-22(4)12(14)3/h5-6,9,19,21H,7-8H2,1-4H3. The van der Waals surface area contributed by atoms with Crippen LogP contribution in [0.5, 0.6) is 0 Å². The van der Waals surface area contributed by atoms with Gasteiger partial charge in [-0.2, -0.15) is 5.10 Å². The fourth-order valence-electron chi connectivity index (χ4n) is 2.78. The Morgan fingerprint density at radius 2 is 1.91 bits per heavy atom. The topological polar surface area (TPSA) is 45.6 Å². The van der Waals surface area contributed by atoms with Crippen LogP contribution in [0.25, 0.3) is 10.9 Å². The van der Waals surface area contributed by atoms with Crippen molar-refractivity contribution in [2.75, 3.05) is 0 Å². The average Bonchev–Trinajstić information content (AvgIpc) is 2.94. The molecule has 3 aromatic rings. The van der Waals surface area contributed by atoms with E-state index in [1.807, 2.05) is 38.7 Å². The molecule has 116 valence electrons. The van der Waals surface area contributed by atoms with E-state index >= 15 is 0 Å². The molecule has 2 N–H and O–H groups in total. The van der Waals surface area contributed by atoms with Gasteiger partial charge in [0.05, 0.1) is 11.7 Å². The summed E-state index contributed by atoms with van der Waals surface area (Å²) in [6.07, 6.45) is 1.87. The van der Waals surface area contributed by atoms with Crippen molar-refractivity contribution < 1.29 is 4.39 Å². The summed E-state index contributed by atoms with van der Waals surface area (Å²) in [4.78, 5) is 3.36. The van der Waals surface area contributed by atoms with Gasteiger partial charge >= 0.3 is 0 Å². The molecule has 4 nitrogen and oxygen atoms in total. The van der Waals surface area contributed by atoms with Gasteiger partial charge in [0.1, 0.15) is 5.82 Å². The first-order valence-corrected chi connectivity index (χ1v) is 7.43. The molecule has 22 heavy (non-hydrogen) atoms. The highest BCUT2D eigenvalue weighted by atomic mass is 19.1. The van der Waals surface area contributed by atoms with E-state index in [0.29, 0.717) is 6.54 Å². The number of aromatic amines is 1. The van der Waals surface area contributed by atoms with Gasteiger partial charge in [-0.25, -0.2) is 4.39 Å². The lowest BCUT2D eigenvalue weighted by Crippen LogP contribution is -2.13. The SMILES string of the molecule is Cc1[nH]c2c(CNCc3cnn(C)c3C)cc(F)cc2c1C. The van der Waals surface area contributed by atoms with Crippen molar-refractivity contribution in [3.05, 3.63) is 52.2 Å². The zero-order chi connectivity index (χ0) is 15.9. The Bertz CT molecular complexity index is 829. The highest BCUT2D eigenvalue weighted by Crippen LogP contribution is 2.25. The molecule has 0 aliphatic rings. The minimum absolute atomic E-state index is 0.191.